The summed E-state index contributed by atoms with van der Waals surface area (Å²) in [6.07, 6.45) is 0. The Morgan fingerprint density at radius 2 is 1.89 bits per heavy atom. The Labute approximate surface area is 123 Å². The zero-order valence-electron chi connectivity index (χ0n) is 9.32. The van der Waals surface area contributed by atoms with Crippen molar-refractivity contribution in [1.82, 2.24) is 10.2 Å². The maximum Gasteiger partial charge on any atom is 0.258 e. The lowest BCUT2D eigenvalue weighted by Crippen LogP contribution is -2.14. The number of amides is 1. The van der Waals surface area contributed by atoms with Crippen molar-refractivity contribution < 1.29 is 4.79 Å². The van der Waals surface area contributed by atoms with Crippen molar-refractivity contribution in [3.05, 3.63) is 45.0 Å². The monoisotopic (exact) mass is 316 g/mol. The number of nitrogens with zero attached hydrogens (tertiary/aromatic N) is 2. The highest BCUT2D eigenvalue weighted by molar-refractivity contribution is 6.44. The minimum atomic E-state index is -0.490. The molecule has 0 aliphatic heterocycles. The molecule has 2 rings (SSSR count). The van der Waals surface area contributed by atoms with Gasteiger partial charge in [-0.3, -0.25) is 4.79 Å². The van der Waals surface area contributed by atoms with E-state index in [9.17, 15) is 4.79 Å². The Morgan fingerprint density at radius 1 is 1.16 bits per heavy atom. The SMILES string of the molecule is Nc1cc(Cl)c(Cl)c(C(=O)Nc2ccc(Cl)nn2)c1. The van der Waals surface area contributed by atoms with Crippen molar-refractivity contribution in [2.75, 3.05) is 11.1 Å². The average Bonchev–Trinajstić information content (AvgIpc) is 2.36. The molecule has 0 atom stereocenters. The van der Waals surface area contributed by atoms with Gasteiger partial charge < -0.3 is 11.1 Å². The largest absolute Gasteiger partial charge is 0.399 e. The fourth-order valence-corrected chi connectivity index (χ4v) is 1.87. The van der Waals surface area contributed by atoms with Crippen LogP contribution in [0.15, 0.2) is 24.3 Å². The van der Waals surface area contributed by atoms with E-state index in [4.69, 9.17) is 40.5 Å². The fraction of sp³-hybridized carbons (Fsp3) is 0. The molecule has 1 aromatic carbocycles. The lowest BCUT2D eigenvalue weighted by molar-refractivity contribution is 0.102. The standard InChI is InChI=1S/C11H7Cl3N4O/c12-7-4-5(15)3-6(10(7)14)11(19)16-9-2-1-8(13)17-18-9/h1-4H,15H2,(H,16,18,19). The predicted molar refractivity (Wildman–Crippen MR) is 75.9 cm³/mol. The molecule has 2 aromatic rings. The first kappa shape index (κ1) is 13.9. The van der Waals surface area contributed by atoms with E-state index in [1.165, 1.54) is 24.3 Å². The first-order valence-electron chi connectivity index (χ1n) is 5.02. The molecule has 0 saturated heterocycles. The van der Waals surface area contributed by atoms with Crippen LogP contribution in [0.3, 0.4) is 0 Å². The van der Waals surface area contributed by atoms with Gasteiger partial charge in [0.1, 0.15) is 0 Å². The summed E-state index contributed by atoms with van der Waals surface area (Å²) in [5, 5.41) is 10.4. The van der Waals surface area contributed by atoms with Gasteiger partial charge in [0.25, 0.3) is 5.91 Å². The second kappa shape index (κ2) is 5.61. The molecule has 0 radical (unpaired) electrons. The number of halogens is 3. The topological polar surface area (TPSA) is 80.9 Å². The number of aromatic nitrogens is 2. The molecule has 0 bridgehead atoms. The van der Waals surface area contributed by atoms with E-state index in [1.807, 2.05) is 0 Å². The third-order valence-corrected chi connectivity index (χ3v) is 3.17. The second-order valence-corrected chi connectivity index (χ2v) is 4.73. The van der Waals surface area contributed by atoms with E-state index >= 15 is 0 Å². The summed E-state index contributed by atoms with van der Waals surface area (Å²) in [6, 6.07) is 5.89. The van der Waals surface area contributed by atoms with E-state index in [0.717, 1.165) is 0 Å². The van der Waals surface area contributed by atoms with Gasteiger partial charge in [-0.1, -0.05) is 34.8 Å². The molecule has 5 nitrogen and oxygen atoms in total. The minimum Gasteiger partial charge on any atom is -0.399 e. The number of anilines is 2. The maximum atomic E-state index is 12.0. The smallest absolute Gasteiger partial charge is 0.258 e. The van der Waals surface area contributed by atoms with Crippen LogP contribution in [0.2, 0.25) is 15.2 Å². The van der Waals surface area contributed by atoms with Gasteiger partial charge >= 0.3 is 0 Å². The summed E-state index contributed by atoms with van der Waals surface area (Å²) in [7, 11) is 0. The molecule has 0 fully saturated rings. The normalized spacial score (nSPS) is 10.3. The molecule has 0 spiro atoms. The number of carbonyl (C=O) groups excluding carboxylic acids is 1. The Balaban J connectivity index is 2.27. The second-order valence-electron chi connectivity index (χ2n) is 3.56. The van der Waals surface area contributed by atoms with Crippen LogP contribution in [0.4, 0.5) is 11.5 Å². The van der Waals surface area contributed by atoms with E-state index in [2.05, 4.69) is 15.5 Å². The molecule has 98 valence electrons. The van der Waals surface area contributed by atoms with E-state index < -0.39 is 5.91 Å². The van der Waals surface area contributed by atoms with E-state index in [1.54, 1.807) is 0 Å². The van der Waals surface area contributed by atoms with Crippen LogP contribution in [0, 0.1) is 0 Å². The zero-order valence-corrected chi connectivity index (χ0v) is 11.6. The fourth-order valence-electron chi connectivity index (χ4n) is 1.34. The Hall–Kier alpha value is -1.56. The quantitative estimate of drug-likeness (QED) is 0.833. The van der Waals surface area contributed by atoms with Crippen molar-refractivity contribution in [1.29, 1.82) is 0 Å². The molecule has 0 aliphatic rings. The number of rotatable bonds is 2. The van der Waals surface area contributed by atoms with Crippen LogP contribution >= 0.6 is 34.8 Å². The predicted octanol–water partition coefficient (Wildman–Crippen LogP) is 3.27. The van der Waals surface area contributed by atoms with Crippen LogP contribution in [0.25, 0.3) is 0 Å². The van der Waals surface area contributed by atoms with Crippen LogP contribution < -0.4 is 11.1 Å². The van der Waals surface area contributed by atoms with Gasteiger partial charge in [-0.15, -0.1) is 10.2 Å². The van der Waals surface area contributed by atoms with E-state index in [-0.39, 0.29) is 26.6 Å². The molecule has 0 unspecified atom stereocenters. The summed E-state index contributed by atoms with van der Waals surface area (Å²) < 4.78 is 0. The molecule has 0 aliphatic carbocycles. The Bertz CT molecular complexity index is 631. The van der Waals surface area contributed by atoms with Gasteiger partial charge in [0.05, 0.1) is 15.6 Å². The summed E-state index contributed by atoms with van der Waals surface area (Å²) in [5.41, 5.74) is 6.10. The molecule has 19 heavy (non-hydrogen) atoms. The van der Waals surface area contributed by atoms with Gasteiger partial charge in [-0.25, -0.2) is 0 Å². The first-order valence-corrected chi connectivity index (χ1v) is 6.16. The third-order valence-electron chi connectivity index (χ3n) is 2.17. The Kier molecular flexibility index (Phi) is 4.09. The van der Waals surface area contributed by atoms with Gasteiger partial charge in [-0.05, 0) is 24.3 Å². The summed E-state index contributed by atoms with van der Waals surface area (Å²) in [6.45, 7) is 0. The first-order chi connectivity index (χ1) is 8.97. The van der Waals surface area contributed by atoms with Crippen molar-refractivity contribution in [2.24, 2.45) is 0 Å². The van der Waals surface area contributed by atoms with E-state index in [0.29, 0.717) is 5.69 Å². The van der Waals surface area contributed by atoms with Gasteiger partial charge in [-0.2, -0.15) is 0 Å². The third kappa shape index (κ3) is 3.26. The highest BCUT2D eigenvalue weighted by atomic mass is 35.5. The molecule has 1 amide bonds. The number of nitrogens with two attached hydrogens (primary N) is 1. The summed E-state index contributed by atoms with van der Waals surface area (Å²) in [5.74, 6) is -0.250. The van der Waals surface area contributed by atoms with Crippen LogP contribution in [-0.4, -0.2) is 16.1 Å². The summed E-state index contributed by atoms with van der Waals surface area (Å²) in [4.78, 5) is 12.0. The van der Waals surface area contributed by atoms with Crippen molar-refractivity contribution >= 4 is 52.2 Å². The molecule has 1 aromatic heterocycles. The van der Waals surface area contributed by atoms with Crippen molar-refractivity contribution in [3.63, 3.8) is 0 Å². The highest BCUT2D eigenvalue weighted by Gasteiger charge is 2.15. The minimum absolute atomic E-state index is 0.121. The number of hydrogen-bond donors (Lipinski definition) is 2. The number of carbonyl (C=O) groups is 1. The number of hydrogen-bond acceptors (Lipinski definition) is 4. The summed E-state index contributed by atoms with van der Waals surface area (Å²) >= 11 is 17.4. The van der Waals surface area contributed by atoms with Crippen LogP contribution in [0.1, 0.15) is 10.4 Å². The average molecular weight is 318 g/mol. The molecular weight excluding hydrogens is 311 g/mol. The van der Waals surface area contributed by atoms with Gasteiger partial charge in [0.15, 0.2) is 11.0 Å². The molecule has 0 saturated carbocycles. The zero-order chi connectivity index (χ0) is 14.0. The van der Waals surface area contributed by atoms with Crippen molar-refractivity contribution in [3.8, 4) is 0 Å². The highest BCUT2D eigenvalue weighted by Crippen LogP contribution is 2.29. The molecule has 1 heterocycles. The molecule has 8 heteroatoms. The van der Waals surface area contributed by atoms with Crippen LogP contribution in [-0.2, 0) is 0 Å². The molecular formula is C11H7Cl3N4O. The maximum absolute atomic E-state index is 12.0. The number of nitrogen functional groups attached to an aromatic ring is 1. The number of nitrogens with one attached hydrogen (secondary N) is 1. The van der Waals surface area contributed by atoms with Gasteiger partial charge in [0.2, 0.25) is 0 Å². The lowest BCUT2D eigenvalue weighted by Gasteiger charge is -2.08. The molecule has 3 N–H and O–H groups in total. The van der Waals surface area contributed by atoms with Crippen LogP contribution in [0.5, 0.6) is 0 Å². The van der Waals surface area contributed by atoms with Crippen molar-refractivity contribution in [2.45, 2.75) is 0 Å². The lowest BCUT2D eigenvalue weighted by atomic mass is 10.2. The number of benzene rings is 1. The Morgan fingerprint density at radius 3 is 2.53 bits per heavy atom. The van der Waals surface area contributed by atoms with Gasteiger partial charge in [0, 0.05) is 5.69 Å².